The first-order valence-corrected chi connectivity index (χ1v) is 7.40. The summed E-state index contributed by atoms with van der Waals surface area (Å²) >= 11 is 0. The second-order valence-corrected chi connectivity index (χ2v) is 5.75. The van der Waals surface area contributed by atoms with Crippen molar-refractivity contribution >= 4 is 0 Å². The molecule has 2 unspecified atom stereocenters. The van der Waals surface area contributed by atoms with E-state index in [0.717, 1.165) is 56.4 Å². The quantitative estimate of drug-likeness (QED) is 0.904. The largest absolute Gasteiger partial charge is 0.370 e. The molecule has 19 heavy (non-hydrogen) atoms. The molecule has 2 nitrogen and oxygen atoms in total. The summed E-state index contributed by atoms with van der Waals surface area (Å²) in [6, 6.07) is 5.93. The zero-order valence-electron chi connectivity index (χ0n) is 11.5. The molecule has 1 aromatic rings. The standard InChI is InChI=1S/C16H22FNO/c1-2-9-18-12-7-10-19-16(11-12)8-6-13-14(16)4-3-5-15(13)17/h3-5,12,18H,2,6-11H2,1H3. The van der Waals surface area contributed by atoms with Crippen LogP contribution in [0, 0.1) is 5.82 Å². The molecule has 0 bridgehead atoms. The van der Waals surface area contributed by atoms with Crippen molar-refractivity contribution in [2.24, 2.45) is 0 Å². The third-order valence-corrected chi connectivity index (χ3v) is 4.49. The Morgan fingerprint density at radius 3 is 3.21 bits per heavy atom. The van der Waals surface area contributed by atoms with Gasteiger partial charge in [-0.2, -0.15) is 0 Å². The van der Waals surface area contributed by atoms with Gasteiger partial charge in [0.15, 0.2) is 0 Å². The Morgan fingerprint density at radius 1 is 1.47 bits per heavy atom. The summed E-state index contributed by atoms with van der Waals surface area (Å²) in [7, 11) is 0. The van der Waals surface area contributed by atoms with E-state index in [-0.39, 0.29) is 11.4 Å². The van der Waals surface area contributed by atoms with Gasteiger partial charge in [0.05, 0.1) is 5.60 Å². The van der Waals surface area contributed by atoms with Crippen molar-refractivity contribution in [2.75, 3.05) is 13.2 Å². The lowest BCUT2D eigenvalue weighted by Crippen LogP contribution is -2.44. The van der Waals surface area contributed by atoms with E-state index < -0.39 is 0 Å². The Kier molecular flexibility index (Phi) is 3.59. The van der Waals surface area contributed by atoms with Gasteiger partial charge in [-0.05, 0) is 55.8 Å². The average molecular weight is 263 g/mol. The van der Waals surface area contributed by atoms with Crippen LogP contribution >= 0.6 is 0 Å². The number of rotatable bonds is 3. The van der Waals surface area contributed by atoms with Crippen LogP contribution in [0.5, 0.6) is 0 Å². The van der Waals surface area contributed by atoms with Gasteiger partial charge in [-0.25, -0.2) is 4.39 Å². The first-order valence-electron chi connectivity index (χ1n) is 7.40. The van der Waals surface area contributed by atoms with Gasteiger partial charge in [-0.1, -0.05) is 19.1 Å². The predicted octanol–water partition coefficient (Wildman–Crippen LogP) is 3.15. The lowest BCUT2D eigenvalue weighted by Gasteiger charge is -2.39. The Balaban J connectivity index is 1.84. The summed E-state index contributed by atoms with van der Waals surface area (Å²) in [5, 5.41) is 3.59. The molecule has 1 saturated heterocycles. The average Bonchev–Trinajstić information content (AvgIpc) is 2.77. The van der Waals surface area contributed by atoms with Crippen LogP contribution in [0.3, 0.4) is 0 Å². The van der Waals surface area contributed by atoms with Crippen molar-refractivity contribution in [3.63, 3.8) is 0 Å². The third-order valence-electron chi connectivity index (χ3n) is 4.49. The summed E-state index contributed by atoms with van der Waals surface area (Å²) < 4.78 is 20.0. The van der Waals surface area contributed by atoms with E-state index in [4.69, 9.17) is 4.74 Å². The zero-order chi connectivity index (χ0) is 13.3. The van der Waals surface area contributed by atoms with Crippen molar-refractivity contribution in [1.82, 2.24) is 5.32 Å². The summed E-state index contributed by atoms with van der Waals surface area (Å²) in [6.45, 7) is 4.01. The molecule has 2 atom stereocenters. The fourth-order valence-electron chi connectivity index (χ4n) is 3.54. The molecule has 104 valence electrons. The lowest BCUT2D eigenvalue weighted by molar-refractivity contribution is -0.0928. The molecule has 0 amide bonds. The van der Waals surface area contributed by atoms with E-state index in [1.165, 1.54) is 0 Å². The van der Waals surface area contributed by atoms with E-state index in [1.54, 1.807) is 6.07 Å². The molecular formula is C16H22FNO. The van der Waals surface area contributed by atoms with Crippen LogP contribution in [-0.2, 0) is 16.8 Å². The number of nitrogens with one attached hydrogen (secondary N) is 1. The van der Waals surface area contributed by atoms with E-state index in [1.807, 2.05) is 12.1 Å². The van der Waals surface area contributed by atoms with E-state index in [0.29, 0.717) is 6.04 Å². The monoisotopic (exact) mass is 263 g/mol. The second kappa shape index (κ2) is 5.22. The van der Waals surface area contributed by atoms with E-state index in [2.05, 4.69) is 12.2 Å². The molecule has 0 aromatic heterocycles. The SMILES string of the molecule is CCCNC1CCOC2(CCc3c(F)cccc32)C1. The minimum atomic E-state index is -0.235. The highest BCUT2D eigenvalue weighted by Crippen LogP contribution is 2.46. The Morgan fingerprint density at radius 2 is 2.37 bits per heavy atom. The predicted molar refractivity (Wildman–Crippen MR) is 73.7 cm³/mol. The molecule has 1 aliphatic heterocycles. The van der Waals surface area contributed by atoms with Gasteiger partial charge in [-0.3, -0.25) is 0 Å². The third kappa shape index (κ3) is 2.30. The molecule has 0 saturated carbocycles. The lowest BCUT2D eigenvalue weighted by atomic mass is 9.85. The van der Waals surface area contributed by atoms with Crippen molar-refractivity contribution < 1.29 is 9.13 Å². The maximum Gasteiger partial charge on any atom is 0.126 e. The molecule has 1 aromatic carbocycles. The van der Waals surface area contributed by atoms with Crippen LogP contribution in [0.15, 0.2) is 18.2 Å². The van der Waals surface area contributed by atoms with Crippen LogP contribution in [-0.4, -0.2) is 19.2 Å². The van der Waals surface area contributed by atoms with Gasteiger partial charge in [-0.15, -0.1) is 0 Å². The summed E-state index contributed by atoms with van der Waals surface area (Å²) in [4.78, 5) is 0. The molecule has 1 fully saturated rings. The molecule has 1 aliphatic carbocycles. The molecule has 2 aliphatic rings. The topological polar surface area (TPSA) is 21.3 Å². The first kappa shape index (κ1) is 13.1. The first-order chi connectivity index (χ1) is 9.25. The fraction of sp³-hybridized carbons (Fsp3) is 0.625. The summed E-state index contributed by atoms with van der Waals surface area (Å²) in [5.41, 5.74) is 1.73. The van der Waals surface area contributed by atoms with Gasteiger partial charge >= 0.3 is 0 Å². The van der Waals surface area contributed by atoms with Crippen LogP contribution in [0.2, 0.25) is 0 Å². The van der Waals surface area contributed by atoms with E-state index in [9.17, 15) is 4.39 Å². The number of ether oxygens (including phenoxy) is 1. The molecule has 0 radical (unpaired) electrons. The zero-order valence-corrected chi connectivity index (χ0v) is 11.5. The summed E-state index contributed by atoms with van der Waals surface area (Å²) in [6.07, 6.45) is 4.92. The van der Waals surface area contributed by atoms with Crippen LogP contribution in [0.25, 0.3) is 0 Å². The van der Waals surface area contributed by atoms with Gasteiger partial charge in [0.1, 0.15) is 5.82 Å². The molecule has 3 heteroatoms. The van der Waals surface area contributed by atoms with E-state index >= 15 is 0 Å². The van der Waals surface area contributed by atoms with Gasteiger partial charge < -0.3 is 10.1 Å². The Labute approximate surface area is 114 Å². The fourth-order valence-corrected chi connectivity index (χ4v) is 3.54. The highest BCUT2D eigenvalue weighted by Gasteiger charge is 2.44. The molecule has 1 spiro atoms. The molecular weight excluding hydrogens is 241 g/mol. The Hall–Kier alpha value is -0.930. The normalized spacial score (nSPS) is 29.7. The number of fused-ring (bicyclic) bond motifs is 2. The number of hydrogen-bond donors (Lipinski definition) is 1. The number of hydrogen-bond acceptors (Lipinski definition) is 2. The van der Waals surface area contributed by atoms with Gasteiger partial charge in [0.25, 0.3) is 0 Å². The maximum atomic E-state index is 13.9. The van der Waals surface area contributed by atoms with Crippen molar-refractivity contribution in [1.29, 1.82) is 0 Å². The maximum absolute atomic E-state index is 13.9. The van der Waals surface area contributed by atoms with Gasteiger partial charge in [0, 0.05) is 12.6 Å². The Bertz CT molecular complexity index is 462. The highest BCUT2D eigenvalue weighted by atomic mass is 19.1. The van der Waals surface area contributed by atoms with Crippen molar-refractivity contribution in [2.45, 2.75) is 50.7 Å². The number of halogens is 1. The van der Waals surface area contributed by atoms with Crippen LogP contribution in [0.4, 0.5) is 4.39 Å². The van der Waals surface area contributed by atoms with Crippen molar-refractivity contribution in [3.05, 3.63) is 35.1 Å². The summed E-state index contributed by atoms with van der Waals surface area (Å²) in [5.74, 6) is -0.0679. The van der Waals surface area contributed by atoms with Crippen molar-refractivity contribution in [3.8, 4) is 0 Å². The second-order valence-electron chi connectivity index (χ2n) is 5.75. The molecule has 3 rings (SSSR count). The molecule has 1 heterocycles. The smallest absolute Gasteiger partial charge is 0.126 e. The van der Waals surface area contributed by atoms with Crippen LogP contribution < -0.4 is 5.32 Å². The minimum absolute atomic E-state index is 0.0679. The minimum Gasteiger partial charge on any atom is -0.370 e. The molecule has 1 N–H and O–H groups in total. The highest BCUT2D eigenvalue weighted by molar-refractivity contribution is 5.39. The number of benzene rings is 1. The van der Waals surface area contributed by atoms with Gasteiger partial charge in [0.2, 0.25) is 0 Å². The van der Waals surface area contributed by atoms with Crippen LogP contribution in [0.1, 0.15) is 43.7 Å².